The van der Waals surface area contributed by atoms with Gasteiger partial charge in [0.25, 0.3) is 5.91 Å². The summed E-state index contributed by atoms with van der Waals surface area (Å²) in [7, 11) is 0. The van der Waals surface area contributed by atoms with Gasteiger partial charge in [0, 0.05) is 19.6 Å². The van der Waals surface area contributed by atoms with Crippen LogP contribution in [0, 0.1) is 0 Å². The van der Waals surface area contributed by atoms with Crippen molar-refractivity contribution in [2.45, 2.75) is 0 Å². The molecular weight excluding hydrogens is 236 g/mol. The number of carbonyl (C=O) groups excluding carboxylic acids is 1. The van der Waals surface area contributed by atoms with E-state index in [1.165, 1.54) is 0 Å². The van der Waals surface area contributed by atoms with E-state index in [2.05, 4.69) is 25.1 Å². The molecule has 0 aliphatic rings. The first kappa shape index (κ1) is 14.8. The fourth-order valence-corrected chi connectivity index (χ4v) is 1.78. The Morgan fingerprint density at radius 3 is 2.32 bits per heavy atom. The van der Waals surface area contributed by atoms with Crippen molar-refractivity contribution in [2.75, 3.05) is 24.5 Å². The molecule has 1 aromatic carbocycles. The van der Waals surface area contributed by atoms with Crippen molar-refractivity contribution < 1.29 is 4.79 Å². The van der Waals surface area contributed by atoms with E-state index < -0.39 is 0 Å². The molecule has 0 aliphatic carbocycles. The highest BCUT2D eigenvalue weighted by atomic mass is 16.1. The van der Waals surface area contributed by atoms with Gasteiger partial charge >= 0.3 is 0 Å². The lowest BCUT2D eigenvalue weighted by molar-refractivity contribution is 0.0958. The number of para-hydroxylation sites is 1. The van der Waals surface area contributed by atoms with Crippen LogP contribution in [-0.4, -0.2) is 25.5 Å². The van der Waals surface area contributed by atoms with Crippen LogP contribution in [0.2, 0.25) is 0 Å². The molecule has 1 N–H and O–H groups in total. The molecule has 1 aromatic rings. The van der Waals surface area contributed by atoms with Crippen molar-refractivity contribution in [1.82, 2.24) is 5.32 Å². The van der Waals surface area contributed by atoms with E-state index >= 15 is 0 Å². The minimum absolute atomic E-state index is 0.103. The van der Waals surface area contributed by atoms with Crippen molar-refractivity contribution in [3.05, 3.63) is 67.8 Å². The van der Waals surface area contributed by atoms with Gasteiger partial charge in [0.1, 0.15) is 0 Å². The average molecular weight is 256 g/mol. The fourth-order valence-electron chi connectivity index (χ4n) is 1.78. The number of rotatable bonds is 8. The monoisotopic (exact) mass is 256 g/mol. The predicted molar refractivity (Wildman–Crippen MR) is 81.6 cm³/mol. The van der Waals surface area contributed by atoms with Crippen molar-refractivity contribution >= 4 is 11.6 Å². The second-order valence-electron chi connectivity index (χ2n) is 4.00. The fraction of sp³-hybridized carbons (Fsp3) is 0.188. The van der Waals surface area contributed by atoms with E-state index in [1.54, 1.807) is 6.08 Å². The van der Waals surface area contributed by atoms with E-state index in [9.17, 15) is 4.79 Å². The summed E-state index contributed by atoms with van der Waals surface area (Å²) in [5.74, 6) is -0.103. The van der Waals surface area contributed by atoms with Gasteiger partial charge in [-0.15, -0.1) is 19.7 Å². The van der Waals surface area contributed by atoms with Crippen molar-refractivity contribution in [3.63, 3.8) is 0 Å². The topological polar surface area (TPSA) is 32.3 Å². The van der Waals surface area contributed by atoms with Crippen LogP contribution < -0.4 is 10.2 Å². The molecule has 3 nitrogen and oxygen atoms in total. The van der Waals surface area contributed by atoms with Crippen molar-refractivity contribution in [3.8, 4) is 0 Å². The molecule has 19 heavy (non-hydrogen) atoms. The third-order valence-electron chi connectivity index (χ3n) is 2.60. The van der Waals surface area contributed by atoms with Crippen molar-refractivity contribution in [1.29, 1.82) is 0 Å². The molecule has 1 amide bonds. The first-order valence-electron chi connectivity index (χ1n) is 6.19. The lowest BCUT2D eigenvalue weighted by Gasteiger charge is -2.24. The standard InChI is InChI=1S/C16H20N2O/c1-4-11-17-16(19)14-9-7-8-10-15(14)18(12-5-2)13-6-3/h4-10H,1-3,11-13H2,(H,17,19). The van der Waals surface area contributed by atoms with Crippen LogP contribution in [0.5, 0.6) is 0 Å². The molecule has 0 heterocycles. The molecule has 0 atom stereocenters. The van der Waals surface area contributed by atoms with Crippen LogP contribution >= 0.6 is 0 Å². The molecular formula is C16H20N2O. The summed E-state index contributed by atoms with van der Waals surface area (Å²) >= 11 is 0. The first-order valence-corrected chi connectivity index (χ1v) is 6.19. The lowest BCUT2D eigenvalue weighted by atomic mass is 10.1. The molecule has 100 valence electrons. The van der Waals surface area contributed by atoms with Gasteiger partial charge < -0.3 is 10.2 Å². The van der Waals surface area contributed by atoms with Gasteiger partial charge in [0.05, 0.1) is 11.3 Å². The summed E-state index contributed by atoms with van der Waals surface area (Å²) in [6.07, 6.45) is 5.27. The zero-order valence-corrected chi connectivity index (χ0v) is 11.1. The Morgan fingerprint density at radius 2 is 1.74 bits per heavy atom. The van der Waals surface area contributed by atoms with Crippen LogP contribution in [-0.2, 0) is 0 Å². The van der Waals surface area contributed by atoms with E-state index in [1.807, 2.05) is 41.3 Å². The maximum absolute atomic E-state index is 12.1. The zero-order chi connectivity index (χ0) is 14.1. The second-order valence-corrected chi connectivity index (χ2v) is 4.00. The maximum Gasteiger partial charge on any atom is 0.253 e. The van der Waals surface area contributed by atoms with E-state index in [4.69, 9.17) is 0 Å². The van der Waals surface area contributed by atoms with Crippen LogP contribution in [0.15, 0.2) is 62.2 Å². The Balaban J connectivity index is 3.04. The molecule has 1 rings (SSSR count). The minimum atomic E-state index is -0.103. The number of benzene rings is 1. The molecule has 0 radical (unpaired) electrons. The minimum Gasteiger partial charge on any atom is -0.363 e. The summed E-state index contributed by atoms with van der Waals surface area (Å²) in [5, 5.41) is 2.79. The van der Waals surface area contributed by atoms with Crippen LogP contribution in [0.1, 0.15) is 10.4 Å². The second kappa shape index (κ2) is 7.93. The van der Waals surface area contributed by atoms with Crippen LogP contribution in [0.3, 0.4) is 0 Å². The van der Waals surface area contributed by atoms with Gasteiger partial charge in [-0.05, 0) is 12.1 Å². The number of nitrogens with one attached hydrogen (secondary N) is 1. The normalized spacial score (nSPS) is 9.47. The first-order chi connectivity index (χ1) is 9.24. The van der Waals surface area contributed by atoms with E-state index in [0.29, 0.717) is 25.2 Å². The van der Waals surface area contributed by atoms with Gasteiger partial charge in [-0.25, -0.2) is 0 Å². The Morgan fingerprint density at radius 1 is 1.11 bits per heavy atom. The summed E-state index contributed by atoms with van der Waals surface area (Å²) in [6, 6.07) is 7.51. The van der Waals surface area contributed by atoms with Gasteiger partial charge in [-0.3, -0.25) is 4.79 Å². The Labute approximate surface area is 114 Å². The van der Waals surface area contributed by atoms with Crippen molar-refractivity contribution in [2.24, 2.45) is 0 Å². The molecule has 0 spiro atoms. The van der Waals surface area contributed by atoms with Gasteiger partial charge in [0.15, 0.2) is 0 Å². The average Bonchev–Trinajstić information content (AvgIpc) is 2.44. The number of anilines is 1. The molecule has 0 aliphatic heterocycles. The predicted octanol–water partition coefficient (Wildman–Crippen LogP) is 2.78. The summed E-state index contributed by atoms with van der Waals surface area (Å²) < 4.78 is 0. The maximum atomic E-state index is 12.1. The summed E-state index contributed by atoms with van der Waals surface area (Å²) in [4.78, 5) is 14.1. The van der Waals surface area contributed by atoms with Crippen LogP contribution in [0.4, 0.5) is 5.69 Å². The summed E-state index contributed by atoms with van der Waals surface area (Å²) in [5.41, 5.74) is 1.52. The molecule has 0 unspecified atom stereocenters. The lowest BCUT2D eigenvalue weighted by Crippen LogP contribution is -2.29. The SMILES string of the molecule is C=CCNC(=O)c1ccccc1N(CC=C)CC=C. The number of carbonyl (C=O) groups is 1. The molecule has 3 heteroatoms. The molecule has 0 bridgehead atoms. The highest BCUT2D eigenvalue weighted by Gasteiger charge is 2.13. The Bertz CT molecular complexity index is 456. The molecule has 0 saturated carbocycles. The highest BCUT2D eigenvalue weighted by molar-refractivity contribution is 5.99. The number of hydrogen-bond donors (Lipinski definition) is 1. The van der Waals surface area contributed by atoms with Gasteiger partial charge in [0.2, 0.25) is 0 Å². The zero-order valence-electron chi connectivity index (χ0n) is 11.1. The van der Waals surface area contributed by atoms with Gasteiger partial charge in [-0.1, -0.05) is 30.4 Å². The Hall–Kier alpha value is -2.29. The third kappa shape index (κ3) is 4.14. The molecule has 0 fully saturated rings. The molecule has 0 saturated heterocycles. The third-order valence-corrected chi connectivity index (χ3v) is 2.60. The van der Waals surface area contributed by atoms with Crippen LogP contribution in [0.25, 0.3) is 0 Å². The quantitative estimate of drug-likeness (QED) is 0.725. The number of hydrogen-bond acceptors (Lipinski definition) is 2. The molecule has 0 aromatic heterocycles. The highest BCUT2D eigenvalue weighted by Crippen LogP contribution is 2.20. The summed E-state index contributed by atoms with van der Waals surface area (Å²) in [6.45, 7) is 12.9. The number of amides is 1. The Kier molecular flexibility index (Phi) is 6.16. The van der Waals surface area contributed by atoms with E-state index in [0.717, 1.165) is 5.69 Å². The smallest absolute Gasteiger partial charge is 0.253 e. The largest absolute Gasteiger partial charge is 0.363 e. The number of nitrogens with zero attached hydrogens (tertiary/aromatic N) is 1. The van der Waals surface area contributed by atoms with Gasteiger partial charge in [-0.2, -0.15) is 0 Å². The van der Waals surface area contributed by atoms with E-state index in [-0.39, 0.29) is 5.91 Å².